The number of hydrogen-bond acceptors (Lipinski definition) is 3. The number of nitrogens with zero attached hydrogens (tertiary/aromatic N) is 2. The van der Waals surface area contributed by atoms with E-state index in [0.717, 1.165) is 21.6 Å². The maximum absolute atomic E-state index is 12.6. The summed E-state index contributed by atoms with van der Waals surface area (Å²) in [4.78, 5) is 17.1. The first kappa shape index (κ1) is 14.8. The van der Waals surface area contributed by atoms with Crippen molar-refractivity contribution in [3.05, 3.63) is 62.1 Å². The quantitative estimate of drug-likeness (QED) is 0.776. The molecule has 0 aliphatic rings. The Bertz CT molecular complexity index is 868. The number of aromatic amines is 1. The lowest BCUT2D eigenvalue weighted by Crippen LogP contribution is -2.23. The summed E-state index contributed by atoms with van der Waals surface area (Å²) in [6.45, 7) is 4.19. The number of fused-ring (bicyclic) bond motifs is 1. The van der Waals surface area contributed by atoms with Gasteiger partial charge in [-0.25, -0.2) is 9.50 Å². The lowest BCUT2D eigenvalue weighted by molar-refractivity contribution is 0.321. The molecular formula is C16H16BrN3O2. The molecule has 22 heavy (non-hydrogen) atoms. The Morgan fingerprint density at radius 2 is 2.00 bits per heavy atom. The molecule has 3 rings (SSSR count). The first-order valence-electron chi connectivity index (χ1n) is 7.02. The number of H-pyrrole nitrogens is 1. The second-order valence-electron chi connectivity index (χ2n) is 5.10. The predicted molar refractivity (Wildman–Crippen MR) is 88.6 cm³/mol. The molecule has 5 nitrogen and oxygen atoms in total. The number of rotatable bonds is 4. The van der Waals surface area contributed by atoms with E-state index in [4.69, 9.17) is 4.74 Å². The number of hydrogen-bond donors (Lipinski definition) is 1. The van der Waals surface area contributed by atoms with Crippen molar-refractivity contribution < 1.29 is 4.74 Å². The van der Waals surface area contributed by atoms with Gasteiger partial charge in [0, 0.05) is 23.4 Å². The molecule has 0 aliphatic heterocycles. The number of aryl methyl sites for hydroxylation is 2. The van der Waals surface area contributed by atoms with Crippen molar-refractivity contribution in [3.8, 4) is 5.75 Å². The van der Waals surface area contributed by atoms with Crippen LogP contribution in [-0.2, 0) is 6.42 Å². The van der Waals surface area contributed by atoms with Crippen molar-refractivity contribution in [1.82, 2.24) is 14.6 Å². The van der Waals surface area contributed by atoms with E-state index in [0.29, 0.717) is 24.2 Å². The fourth-order valence-corrected chi connectivity index (χ4v) is 2.73. The number of aromatic nitrogens is 3. The maximum atomic E-state index is 12.6. The third-order valence-corrected chi connectivity index (χ3v) is 4.50. The van der Waals surface area contributed by atoms with Crippen molar-refractivity contribution >= 4 is 21.6 Å². The summed E-state index contributed by atoms with van der Waals surface area (Å²) in [5, 5.41) is 3.02. The molecule has 0 aliphatic carbocycles. The molecule has 0 atom stereocenters. The van der Waals surface area contributed by atoms with Gasteiger partial charge in [-0.05, 0) is 41.9 Å². The van der Waals surface area contributed by atoms with E-state index in [1.807, 2.05) is 44.2 Å². The van der Waals surface area contributed by atoms with Gasteiger partial charge >= 0.3 is 0 Å². The lowest BCUT2D eigenvalue weighted by atomic mass is 10.2. The predicted octanol–water partition coefficient (Wildman–Crippen LogP) is 3.02. The maximum Gasteiger partial charge on any atom is 0.276 e. The Kier molecular flexibility index (Phi) is 4.02. The number of nitrogens with one attached hydrogen (secondary N) is 1. The Morgan fingerprint density at radius 3 is 2.73 bits per heavy atom. The van der Waals surface area contributed by atoms with Crippen LogP contribution in [0.25, 0.3) is 5.65 Å². The molecule has 0 saturated heterocycles. The van der Waals surface area contributed by atoms with Crippen LogP contribution in [0.15, 0.2) is 39.6 Å². The van der Waals surface area contributed by atoms with E-state index in [1.54, 1.807) is 0 Å². The summed E-state index contributed by atoms with van der Waals surface area (Å²) in [6, 6.07) is 9.57. The molecule has 2 heterocycles. The zero-order valence-electron chi connectivity index (χ0n) is 12.4. The molecule has 114 valence electrons. The molecule has 2 aromatic heterocycles. The largest absolute Gasteiger partial charge is 0.493 e. The number of halogens is 1. The molecule has 0 bridgehead atoms. The summed E-state index contributed by atoms with van der Waals surface area (Å²) in [5.74, 6) is 0.799. The van der Waals surface area contributed by atoms with Gasteiger partial charge in [-0.3, -0.25) is 9.89 Å². The van der Waals surface area contributed by atoms with Gasteiger partial charge in [-0.15, -0.1) is 0 Å². The van der Waals surface area contributed by atoms with E-state index in [-0.39, 0.29) is 5.56 Å². The van der Waals surface area contributed by atoms with Crippen LogP contribution in [0.2, 0.25) is 0 Å². The molecule has 0 saturated carbocycles. The highest BCUT2D eigenvalue weighted by Crippen LogP contribution is 2.20. The van der Waals surface area contributed by atoms with Crippen molar-refractivity contribution in [2.24, 2.45) is 0 Å². The molecule has 3 aromatic rings. The van der Waals surface area contributed by atoms with Gasteiger partial charge in [-0.2, -0.15) is 0 Å². The molecule has 0 radical (unpaired) electrons. The minimum atomic E-state index is -0.0760. The lowest BCUT2D eigenvalue weighted by Gasteiger charge is -2.08. The van der Waals surface area contributed by atoms with E-state index in [2.05, 4.69) is 26.0 Å². The molecule has 0 amide bonds. The average Bonchev–Trinajstić information content (AvgIpc) is 2.80. The Hall–Kier alpha value is -2.08. The van der Waals surface area contributed by atoms with Crippen LogP contribution in [-0.4, -0.2) is 21.2 Å². The van der Waals surface area contributed by atoms with E-state index in [9.17, 15) is 4.79 Å². The summed E-state index contributed by atoms with van der Waals surface area (Å²) >= 11 is 3.45. The van der Waals surface area contributed by atoms with Gasteiger partial charge in [-0.1, -0.05) is 18.2 Å². The highest BCUT2D eigenvalue weighted by Gasteiger charge is 2.14. The summed E-state index contributed by atoms with van der Waals surface area (Å²) in [6.07, 6.45) is 0.519. The van der Waals surface area contributed by atoms with Crippen molar-refractivity contribution in [3.63, 3.8) is 0 Å². The minimum Gasteiger partial charge on any atom is -0.493 e. The molecule has 0 fully saturated rings. The molecule has 0 unspecified atom stereocenters. The van der Waals surface area contributed by atoms with E-state index >= 15 is 0 Å². The van der Waals surface area contributed by atoms with Gasteiger partial charge in [0.05, 0.1) is 11.1 Å². The SMILES string of the molecule is Cc1nc2c(Br)c(C)[nH]n2c(=O)c1CCOc1ccccc1. The zero-order valence-corrected chi connectivity index (χ0v) is 14.0. The van der Waals surface area contributed by atoms with Crippen LogP contribution in [0.5, 0.6) is 5.75 Å². The van der Waals surface area contributed by atoms with Crippen LogP contribution in [0.3, 0.4) is 0 Å². The third-order valence-electron chi connectivity index (χ3n) is 3.55. The molecule has 6 heteroatoms. The topological polar surface area (TPSA) is 59.4 Å². The summed E-state index contributed by atoms with van der Waals surface area (Å²) in [5.41, 5.74) is 2.82. The normalized spacial score (nSPS) is 11.0. The summed E-state index contributed by atoms with van der Waals surface area (Å²) < 4.78 is 7.96. The van der Waals surface area contributed by atoms with Crippen LogP contribution in [0.4, 0.5) is 0 Å². The summed E-state index contributed by atoms with van der Waals surface area (Å²) in [7, 11) is 0. The standard InChI is InChI=1S/C16H16BrN3O2/c1-10-13(8-9-22-12-6-4-3-5-7-12)16(21)20-15(18-10)14(17)11(2)19-20/h3-7,19H,8-9H2,1-2H3. The van der Waals surface area contributed by atoms with Crippen LogP contribution in [0.1, 0.15) is 17.0 Å². The van der Waals surface area contributed by atoms with Gasteiger partial charge < -0.3 is 4.74 Å². The second-order valence-corrected chi connectivity index (χ2v) is 5.90. The first-order chi connectivity index (χ1) is 10.6. The molecule has 1 aromatic carbocycles. The second kappa shape index (κ2) is 5.96. The van der Waals surface area contributed by atoms with E-state index in [1.165, 1.54) is 4.52 Å². The number of benzene rings is 1. The molecule has 1 N–H and O–H groups in total. The fraction of sp³-hybridized carbons (Fsp3) is 0.250. The first-order valence-corrected chi connectivity index (χ1v) is 7.81. The van der Waals surface area contributed by atoms with Crippen molar-refractivity contribution in [1.29, 1.82) is 0 Å². The Morgan fingerprint density at radius 1 is 1.27 bits per heavy atom. The highest BCUT2D eigenvalue weighted by atomic mass is 79.9. The van der Waals surface area contributed by atoms with Gasteiger partial charge in [0.25, 0.3) is 5.56 Å². The fourth-order valence-electron chi connectivity index (χ4n) is 2.37. The smallest absolute Gasteiger partial charge is 0.276 e. The third kappa shape index (κ3) is 2.66. The van der Waals surface area contributed by atoms with Crippen molar-refractivity contribution in [2.45, 2.75) is 20.3 Å². The van der Waals surface area contributed by atoms with Crippen molar-refractivity contribution in [2.75, 3.05) is 6.61 Å². The Balaban J connectivity index is 1.86. The number of para-hydroxylation sites is 1. The van der Waals surface area contributed by atoms with E-state index < -0.39 is 0 Å². The monoisotopic (exact) mass is 361 g/mol. The highest BCUT2D eigenvalue weighted by molar-refractivity contribution is 9.10. The molecular weight excluding hydrogens is 346 g/mol. The average molecular weight is 362 g/mol. The number of ether oxygens (including phenoxy) is 1. The van der Waals surface area contributed by atoms with Crippen LogP contribution < -0.4 is 10.3 Å². The zero-order chi connectivity index (χ0) is 15.7. The minimum absolute atomic E-state index is 0.0760. The van der Waals surface area contributed by atoms with Gasteiger partial charge in [0.15, 0.2) is 5.65 Å². The van der Waals surface area contributed by atoms with Crippen LogP contribution in [0, 0.1) is 13.8 Å². The van der Waals surface area contributed by atoms with Crippen LogP contribution >= 0.6 is 15.9 Å². The Labute approximate surface area is 136 Å². The molecule has 0 spiro atoms. The van der Waals surface area contributed by atoms with Gasteiger partial charge in [0.1, 0.15) is 5.75 Å². The van der Waals surface area contributed by atoms with Gasteiger partial charge in [0.2, 0.25) is 0 Å².